The van der Waals surface area contributed by atoms with Crippen molar-refractivity contribution in [2.24, 2.45) is 0 Å². The summed E-state index contributed by atoms with van der Waals surface area (Å²) in [6.07, 6.45) is 4.76. The molecule has 1 saturated heterocycles. The van der Waals surface area contributed by atoms with Gasteiger partial charge >= 0.3 is 0 Å². The van der Waals surface area contributed by atoms with E-state index in [9.17, 15) is 9.59 Å². The van der Waals surface area contributed by atoms with E-state index in [2.05, 4.69) is 10.3 Å². The van der Waals surface area contributed by atoms with Gasteiger partial charge in [0.15, 0.2) is 0 Å². The Hall–Kier alpha value is -1.76. The van der Waals surface area contributed by atoms with Crippen molar-refractivity contribution >= 4 is 46.8 Å². The van der Waals surface area contributed by atoms with Crippen LogP contribution >= 0.6 is 35.0 Å². The molecule has 0 aliphatic carbocycles. The molecule has 5 nitrogen and oxygen atoms in total. The van der Waals surface area contributed by atoms with Crippen LogP contribution in [0.5, 0.6) is 0 Å². The number of rotatable bonds is 6. The number of pyridine rings is 1. The summed E-state index contributed by atoms with van der Waals surface area (Å²) in [4.78, 5) is 30.4. The van der Waals surface area contributed by atoms with E-state index in [4.69, 9.17) is 23.2 Å². The lowest BCUT2D eigenvalue weighted by Gasteiger charge is -2.32. The Labute approximate surface area is 178 Å². The Morgan fingerprint density at radius 2 is 1.86 bits per heavy atom. The zero-order valence-corrected chi connectivity index (χ0v) is 17.6. The predicted octanol–water partition coefficient (Wildman–Crippen LogP) is 4.04. The molecule has 0 atom stereocenters. The molecule has 0 bridgehead atoms. The number of carbonyl (C=O) groups is 2. The van der Waals surface area contributed by atoms with Crippen LogP contribution in [0, 0.1) is 0 Å². The molecule has 148 valence electrons. The lowest BCUT2D eigenvalue weighted by Crippen LogP contribution is -2.47. The second kappa shape index (κ2) is 10.1. The molecule has 0 spiro atoms. The van der Waals surface area contributed by atoms with Gasteiger partial charge in [-0.3, -0.25) is 14.6 Å². The lowest BCUT2D eigenvalue weighted by molar-refractivity contribution is -0.119. The van der Waals surface area contributed by atoms with Crippen molar-refractivity contribution in [1.29, 1.82) is 0 Å². The Morgan fingerprint density at radius 1 is 1.14 bits per heavy atom. The third kappa shape index (κ3) is 5.87. The molecular weight excluding hydrogens is 417 g/mol. The number of benzene rings is 1. The molecule has 1 N–H and O–H groups in total. The molecule has 1 aromatic heterocycles. The largest absolute Gasteiger partial charge is 0.353 e. The first-order chi connectivity index (χ1) is 13.5. The number of thioether (sulfide) groups is 1. The number of likely N-dealkylation sites (tertiary alicyclic amines) is 1. The molecule has 8 heteroatoms. The van der Waals surface area contributed by atoms with Gasteiger partial charge in [0.05, 0.1) is 5.75 Å². The van der Waals surface area contributed by atoms with Gasteiger partial charge < -0.3 is 10.2 Å². The number of piperidine rings is 1. The maximum Gasteiger partial charge on any atom is 0.253 e. The van der Waals surface area contributed by atoms with E-state index in [0.717, 1.165) is 18.4 Å². The fourth-order valence-corrected chi connectivity index (χ4v) is 4.46. The van der Waals surface area contributed by atoms with E-state index in [1.54, 1.807) is 36.7 Å². The molecule has 2 heterocycles. The average Bonchev–Trinajstić information content (AvgIpc) is 2.70. The minimum absolute atomic E-state index is 0.00833. The summed E-state index contributed by atoms with van der Waals surface area (Å²) in [5, 5.41) is 4.29. The first kappa shape index (κ1) is 21.0. The van der Waals surface area contributed by atoms with Gasteiger partial charge in [0.2, 0.25) is 5.91 Å². The maximum absolute atomic E-state index is 12.4. The van der Waals surface area contributed by atoms with Crippen molar-refractivity contribution in [1.82, 2.24) is 15.2 Å². The number of hydrogen-bond donors (Lipinski definition) is 1. The number of aromatic nitrogens is 1. The summed E-state index contributed by atoms with van der Waals surface area (Å²) in [7, 11) is 0. The van der Waals surface area contributed by atoms with Gasteiger partial charge in [0.1, 0.15) is 0 Å². The SMILES string of the molecule is O=C(CSCc1ccc(Cl)cc1Cl)NC1CCN(C(=O)c2ccncc2)CC1. The van der Waals surface area contributed by atoms with Crippen LogP contribution in [0.1, 0.15) is 28.8 Å². The molecule has 1 aromatic carbocycles. The van der Waals surface area contributed by atoms with Crippen LogP contribution in [-0.2, 0) is 10.5 Å². The lowest BCUT2D eigenvalue weighted by atomic mass is 10.0. The van der Waals surface area contributed by atoms with Crippen molar-refractivity contribution in [2.45, 2.75) is 24.6 Å². The zero-order chi connectivity index (χ0) is 19.9. The summed E-state index contributed by atoms with van der Waals surface area (Å²) in [5.74, 6) is 1.05. The van der Waals surface area contributed by atoms with E-state index in [1.807, 2.05) is 11.0 Å². The van der Waals surface area contributed by atoms with Gasteiger partial charge in [-0.1, -0.05) is 29.3 Å². The number of carbonyl (C=O) groups excluding carboxylic acids is 2. The minimum atomic E-state index is 0.00833. The van der Waals surface area contributed by atoms with Crippen LogP contribution in [0.15, 0.2) is 42.7 Å². The smallest absolute Gasteiger partial charge is 0.253 e. The van der Waals surface area contributed by atoms with E-state index in [-0.39, 0.29) is 17.9 Å². The van der Waals surface area contributed by atoms with E-state index < -0.39 is 0 Å². The molecule has 0 saturated carbocycles. The molecule has 2 aromatic rings. The van der Waals surface area contributed by atoms with Gasteiger partial charge in [-0.2, -0.15) is 0 Å². The predicted molar refractivity (Wildman–Crippen MR) is 114 cm³/mol. The van der Waals surface area contributed by atoms with Crippen molar-refractivity contribution < 1.29 is 9.59 Å². The molecule has 0 radical (unpaired) electrons. The fourth-order valence-electron chi connectivity index (χ4n) is 3.07. The molecule has 1 aliphatic heterocycles. The quantitative estimate of drug-likeness (QED) is 0.740. The van der Waals surface area contributed by atoms with Crippen LogP contribution in [-0.4, -0.2) is 46.6 Å². The number of nitrogens with zero attached hydrogens (tertiary/aromatic N) is 2. The average molecular weight is 438 g/mol. The third-order valence-corrected chi connectivity index (χ3v) is 6.15. The summed E-state index contributed by atoms with van der Waals surface area (Å²) < 4.78 is 0. The van der Waals surface area contributed by atoms with Crippen LogP contribution in [0.2, 0.25) is 10.0 Å². The van der Waals surface area contributed by atoms with Crippen molar-refractivity contribution in [3.05, 3.63) is 63.9 Å². The number of nitrogens with one attached hydrogen (secondary N) is 1. The first-order valence-corrected chi connectivity index (χ1v) is 10.9. The third-order valence-electron chi connectivity index (χ3n) is 4.58. The van der Waals surface area contributed by atoms with Crippen LogP contribution in [0.3, 0.4) is 0 Å². The van der Waals surface area contributed by atoms with Crippen molar-refractivity contribution in [3.8, 4) is 0 Å². The maximum atomic E-state index is 12.4. The topological polar surface area (TPSA) is 62.3 Å². The minimum Gasteiger partial charge on any atom is -0.353 e. The monoisotopic (exact) mass is 437 g/mol. The molecule has 28 heavy (non-hydrogen) atoms. The first-order valence-electron chi connectivity index (χ1n) is 9.03. The molecule has 0 unspecified atom stereocenters. The van der Waals surface area contributed by atoms with E-state index in [0.29, 0.717) is 40.2 Å². The zero-order valence-electron chi connectivity index (χ0n) is 15.2. The van der Waals surface area contributed by atoms with Gasteiger partial charge in [-0.15, -0.1) is 11.8 Å². The Balaban J connectivity index is 1.38. The van der Waals surface area contributed by atoms with Gasteiger partial charge in [0.25, 0.3) is 5.91 Å². The van der Waals surface area contributed by atoms with E-state index >= 15 is 0 Å². The second-order valence-electron chi connectivity index (χ2n) is 6.60. The van der Waals surface area contributed by atoms with Crippen LogP contribution in [0.25, 0.3) is 0 Å². The van der Waals surface area contributed by atoms with Crippen molar-refractivity contribution in [2.75, 3.05) is 18.8 Å². The Morgan fingerprint density at radius 3 is 2.54 bits per heavy atom. The van der Waals surface area contributed by atoms with Crippen LogP contribution < -0.4 is 5.32 Å². The van der Waals surface area contributed by atoms with Crippen molar-refractivity contribution in [3.63, 3.8) is 0 Å². The highest BCUT2D eigenvalue weighted by atomic mass is 35.5. The van der Waals surface area contributed by atoms with Gasteiger partial charge in [-0.05, 0) is 42.7 Å². The highest BCUT2D eigenvalue weighted by Gasteiger charge is 2.24. The van der Waals surface area contributed by atoms with Gasteiger partial charge in [-0.25, -0.2) is 0 Å². The summed E-state index contributed by atoms with van der Waals surface area (Å²) in [5.41, 5.74) is 1.61. The molecule has 1 fully saturated rings. The molecule has 3 rings (SSSR count). The number of halogens is 2. The van der Waals surface area contributed by atoms with Gasteiger partial charge in [0, 0.05) is 52.9 Å². The number of hydrogen-bond acceptors (Lipinski definition) is 4. The second-order valence-corrected chi connectivity index (χ2v) is 8.43. The van der Waals surface area contributed by atoms with Crippen LogP contribution in [0.4, 0.5) is 0 Å². The normalized spacial score (nSPS) is 14.7. The number of amides is 2. The summed E-state index contributed by atoms with van der Waals surface area (Å²) >= 11 is 13.6. The Kier molecular flexibility index (Phi) is 7.59. The summed E-state index contributed by atoms with van der Waals surface area (Å²) in [6, 6.07) is 8.94. The summed E-state index contributed by atoms with van der Waals surface area (Å²) in [6.45, 7) is 1.28. The molecule has 2 amide bonds. The highest BCUT2D eigenvalue weighted by molar-refractivity contribution is 7.99. The Bertz CT molecular complexity index is 827. The molecule has 1 aliphatic rings. The highest BCUT2D eigenvalue weighted by Crippen LogP contribution is 2.24. The fraction of sp³-hybridized carbons (Fsp3) is 0.350. The standard InChI is InChI=1S/C20H21Cl2N3O2S/c21-16-2-1-15(18(22)11-16)12-28-13-19(26)24-17-5-9-25(10-6-17)20(27)14-3-7-23-8-4-14/h1-4,7-8,11,17H,5-6,9-10,12-13H2,(H,24,26). The molecular formula is C20H21Cl2N3O2S. The van der Waals surface area contributed by atoms with E-state index in [1.165, 1.54) is 11.8 Å².